The lowest BCUT2D eigenvalue weighted by molar-refractivity contribution is 0.158. The molecule has 1 N–H and O–H groups in total. The van der Waals surface area contributed by atoms with E-state index in [1.165, 1.54) is 0 Å². The summed E-state index contributed by atoms with van der Waals surface area (Å²) in [5.74, 6) is 1.23. The second-order valence-corrected chi connectivity index (χ2v) is 2.72. The lowest BCUT2D eigenvalue weighted by Crippen LogP contribution is -2.08. The molecule has 0 aliphatic heterocycles. The summed E-state index contributed by atoms with van der Waals surface area (Å²) in [4.78, 5) is 4.08. The van der Waals surface area contributed by atoms with Gasteiger partial charge in [0.25, 0.3) is 0 Å². The molecule has 0 aliphatic rings. The smallest absolute Gasteiger partial charge is 0.229 e. The van der Waals surface area contributed by atoms with Crippen molar-refractivity contribution in [3.8, 4) is 0 Å². The van der Waals surface area contributed by atoms with Gasteiger partial charge >= 0.3 is 0 Å². The number of aliphatic hydroxyl groups excluding tert-OH is 1. The van der Waals surface area contributed by atoms with E-state index in [-0.39, 0.29) is 6.10 Å². The van der Waals surface area contributed by atoms with Gasteiger partial charge in [-0.25, -0.2) is 0 Å². The molecule has 1 atom stereocenters. The number of aliphatic hydroxyl groups is 1. The first-order valence-electron chi connectivity index (χ1n) is 4.25. The van der Waals surface area contributed by atoms with Gasteiger partial charge in [0.2, 0.25) is 5.89 Å². The van der Waals surface area contributed by atoms with Crippen LogP contribution >= 0.6 is 0 Å². The normalized spacial score (nSPS) is 13.2. The first kappa shape index (κ1) is 9.19. The zero-order chi connectivity index (χ0) is 8.97. The van der Waals surface area contributed by atoms with Crippen molar-refractivity contribution in [3.05, 3.63) is 11.7 Å². The summed E-state index contributed by atoms with van der Waals surface area (Å²) in [6.07, 6.45) is 1.58. The van der Waals surface area contributed by atoms with Crippen molar-refractivity contribution in [2.24, 2.45) is 0 Å². The lowest BCUT2D eigenvalue weighted by atomic mass is 10.2. The van der Waals surface area contributed by atoms with Crippen LogP contribution in [0.4, 0.5) is 0 Å². The summed E-state index contributed by atoms with van der Waals surface area (Å²) in [7, 11) is 0. The zero-order valence-corrected chi connectivity index (χ0v) is 7.45. The highest BCUT2D eigenvalue weighted by molar-refractivity contribution is 4.87. The van der Waals surface area contributed by atoms with Gasteiger partial charge in [-0.2, -0.15) is 4.98 Å². The molecule has 0 amide bonds. The summed E-state index contributed by atoms with van der Waals surface area (Å²) < 4.78 is 4.91. The highest BCUT2D eigenvalue weighted by atomic mass is 16.5. The molecule has 0 radical (unpaired) electrons. The number of hydrogen-bond donors (Lipinski definition) is 1. The Kier molecular flexibility index (Phi) is 3.22. The molecule has 0 aliphatic carbocycles. The molecule has 1 aromatic heterocycles. The molecule has 1 rings (SSSR count). The fourth-order valence-electron chi connectivity index (χ4n) is 0.863. The summed E-state index contributed by atoms with van der Waals surface area (Å²) in [5, 5.41) is 13.0. The minimum absolute atomic E-state index is 0.366. The number of aryl methyl sites for hydroxylation is 1. The predicted octanol–water partition coefficient (Wildman–Crippen LogP) is 0.945. The molecule has 1 unspecified atom stereocenters. The van der Waals surface area contributed by atoms with Gasteiger partial charge in [0, 0.05) is 6.42 Å². The highest BCUT2D eigenvalue weighted by Crippen LogP contribution is 2.03. The van der Waals surface area contributed by atoms with Crippen LogP contribution in [0.25, 0.3) is 0 Å². The fourth-order valence-corrected chi connectivity index (χ4v) is 0.863. The van der Waals surface area contributed by atoms with Crippen molar-refractivity contribution in [1.82, 2.24) is 10.1 Å². The molecule has 4 heteroatoms. The van der Waals surface area contributed by atoms with E-state index in [0.29, 0.717) is 24.6 Å². The molecular formula is C8H14N2O2. The molecule has 12 heavy (non-hydrogen) atoms. The van der Waals surface area contributed by atoms with Gasteiger partial charge in [-0.3, -0.25) is 0 Å². The third kappa shape index (κ3) is 2.30. The summed E-state index contributed by atoms with van der Waals surface area (Å²) in [6.45, 7) is 3.88. The molecule has 68 valence electrons. The van der Waals surface area contributed by atoms with Crippen LogP contribution in [0.15, 0.2) is 4.52 Å². The summed E-state index contributed by atoms with van der Waals surface area (Å²) in [6, 6.07) is 0. The highest BCUT2D eigenvalue weighted by Gasteiger charge is 2.09. The largest absolute Gasteiger partial charge is 0.393 e. The third-order valence-electron chi connectivity index (χ3n) is 1.71. The van der Waals surface area contributed by atoms with Crippen molar-refractivity contribution in [3.63, 3.8) is 0 Å². The Morgan fingerprint density at radius 1 is 1.50 bits per heavy atom. The average molecular weight is 170 g/mol. The Labute approximate surface area is 71.6 Å². The maximum atomic E-state index is 9.27. The molecule has 0 spiro atoms. The van der Waals surface area contributed by atoms with E-state index in [1.54, 1.807) is 0 Å². The van der Waals surface area contributed by atoms with Crippen molar-refractivity contribution in [1.29, 1.82) is 0 Å². The maximum absolute atomic E-state index is 9.27. The number of rotatable bonds is 4. The predicted molar refractivity (Wildman–Crippen MR) is 43.7 cm³/mol. The molecule has 0 aromatic carbocycles. The lowest BCUT2D eigenvalue weighted by Gasteiger charge is -2.01. The first-order chi connectivity index (χ1) is 5.76. The van der Waals surface area contributed by atoms with Crippen molar-refractivity contribution in [2.75, 3.05) is 0 Å². The van der Waals surface area contributed by atoms with Gasteiger partial charge in [-0.1, -0.05) is 19.0 Å². The van der Waals surface area contributed by atoms with E-state index in [9.17, 15) is 5.11 Å². The monoisotopic (exact) mass is 170 g/mol. The topological polar surface area (TPSA) is 59.2 Å². The van der Waals surface area contributed by atoms with Crippen LogP contribution in [0.1, 0.15) is 32.0 Å². The summed E-state index contributed by atoms with van der Waals surface area (Å²) >= 11 is 0. The van der Waals surface area contributed by atoms with Gasteiger partial charge in [-0.15, -0.1) is 0 Å². The van der Waals surface area contributed by atoms with Crippen molar-refractivity contribution < 1.29 is 9.63 Å². The van der Waals surface area contributed by atoms with Crippen LogP contribution in [0.2, 0.25) is 0 Å². The Morgan fingerprint density at radius 2 is 2.25 bits per heavy atom. The Morgan fingerprint density at radius 3 is 2.75 bits per heavy atom. The van der Waals surface area contributed by atoms with E-state index in [0.717, 1.165) is 6.42 Å². The van der Waals surface area contributed by atoms with E-state index < -0.39 is 0 Å². The molecule has 0 saturated carbocycles. The molecular weight excluding hydrogens is 156 g/mol. The Bertz CT molecular complexity index is 235. The van der Waals surface area contributed by atoms with Gasteiger partial charge in [0.1, 0.15) is 0 Å². The maximum Gasteiger partial charge on any atom is 0.229 e. The van der Waals surface area contributed by atoms with Crippen LogP contribution in [0.5, 0.6) is 0 Å². The quantitative estimate of drug-likeness (QED) is 0.730. The fraction of sp³-hybridized carbons (Fsp3) is 0.750. The third-order valence-corrected chi connectivity index (χ3v) is 1.71. The minimum atomic E-state index is -0.366. The minimum Gasteiger partial charge on any atom is -0.393 e. The van der Waals surface area contributed by atoms with Crippen LogP contribution in [-0.4, -0.2) is 21.4 Å². The van der Waals surface area contributed by atoms with Crippen molar-refractivity contribution in [2.45, 2.75) is 39.2 Å². The molecule has 0 bridgehead atoms. The van der Waals surface area contributed by atoms with E-state index in [4.69, 9.17) is 4.52 Å². The van der Waals surface area contributed by atoms with Gasteiger partial charge in [-0.05, 0) is 6.42 Å². The zero-order valence-electron chi connectivity index (χ0n) is 7.45. The van der Waals surface area contributed by atoms with Crippen molar-refractivity contribution >= 4 is 0 Å². The van der Waals surface area contributed by atoms with Gasteiger partial charge in [0.15, 0.2) is 5.82 Å². The number of hydrogen-bond acceptors (Lipinski definition) is 4. The number of aromatic nitrogens is 2. The van der Waals surface area contributed by atoms with E-state index in [2.05, 4.69) is 10.1 Å². The Balaban J connectivity index is 2.52. The molecule has 4 nitrogen and oxygen atoms in total. The molecule has 1 aromatic rings. The molecule has 0 fully saturated rings. The SMILES string of the molecule is CCc1noc(CC(O)CC)n1. The van der Waals surface area contributed by atoms with E-state index in [1.807, 2.05) is 13.8 Å². The van der Waals surface area contributed by atoms with Crippen LogP contribution < -0.4 is 0 Å². The standard InChI is InChI=1S/C8H14N2O2/c1-3-6(11)5-8-9-7(4-2)10-12-8/h6,11H,3-5H2,1-2H3. The number of nitrogens with zero attached hydrogens (tertiary/aromatic N) is 2. The van der Waals surface area contributed by atoms with Crippen LogP contribution in [0.3, 0.4) is 0 Å². The van der Waals surface area contributed by atoms with Gasteiger partial charge < -0.3 is 9.63 Å². The molecule has 1 heterocycles. The second kappa shape index (κ2) is 4.21. The molecule has 0 saturated heterocycles. The average Bonchev–Trinajstić information content (AvgIpc) is 2.52. The Hall–Kier alpha value is -0.900. The first-order valence-corrected chi connectivity index (χ1v) is 4.25. The van der Waals surface area contributed by atoms with Gasteiger partial charge in [0.05, 0.1) is 12.5 Å². The van der Waals surface area contributed by atoms with Crippen LogP contribution in [0, 0.1) is 0 Å². The summed E-state index contributed by atoms with van der Waals surface area (Å²) in [5.41, 5.74) is 0. The second-order valence-electron chi connectivity index (χ2n) is 2.72. The van der Waals surface area contributed by atoms with Crippen LogP contribution in [-0.2, 0) is 12.8 Å². The van der Waals surface area contributed by atoms with E-state index >= 15 is 0 Å².